The number of carbonyl (C=O) groups is 2. The molecule has 2 heterocycles. The molecule has 2 aliphatic heterocycles. The lowest BCUT2D eigenvalue weighted by molar-refractivity contribution is -0.117. The minimum atomic E-state index is -0.570. The van der Waals surface area contributed by atoms with Crippen LogP contribution < -0.4 is 10.6 Å². The van der Waals surface area contributed by atoms with Crippen molar-refractivity contribution in [2.45, 2.75) is 0 Å². The van der Waals surface area contributed by atoms with E-state index in [1.54, 1.807) is 24.3 Å². The van der Waals surface area contributed by atoms with Gasteiger partial charge in [0.25, 0.3) is 11.8 Å². The molecule has 0 aliphatic carbocycles. The number of rotatable bonds is 2. The first-order chi connectivity index (χ1) is 12.4. The van der Waals surface area contributed by atoms with Gasteiger partial charge in [0.15, 0.2) is 0 Å². The van der Waals surface area contributed by atoms with Gasteiger partial charge in [0.05, 0.1) is 22.5 Å². The molecule has 2 N–H and O–H groups in total. The predicted molar refractivity (Wildman–Crippen MR) is 108 cm³/mol. The normalized spacial score (nSPS) is 16.2. The molecule has 8 heteroatoms. The Morgan fingerprint density at radius 1 is 0.692 bits per heavy atom. The second kappa shape index (κ2) is 6.41. The van der Waals surface area contributed by atoms with Crippen LogP contribution in [-0.4, -0.2) is 11.8 Å². The van der Waals surface area contributed by atoms with Crippen LogP contribution in [0.4, 0.5) is 8.78 Å². The molecule has 2 aromatic rings. The van der Waals surface area contributed by atoms with E-state index in [1.165, 1.54) is 12.1 Å². The molecular formula is C18H8F2I2N2O2. The van der Waals surface area contributed by atoms with Crippen LogP contribution in [0, 0.1) is 18.8 Å². The van der Waals surface area contributed by atoms with Gasteiger partial charge in [-0.05, 0) is 81.6 Å². The Morgan fingerprint density at radius 3 is 1.46 bits per heavy atom. The largest absolute Gasteiger partial charge is 0.320 e. The Kier molecular flexibility index (Phi) is 4.34. The predicted octanol–water partition coefficient (Wildman–Crippen LogP) is 3.56. The minimum Gasteiger partial charge on any atom is -0.320 e. The Balaban J connectivity index is 1.97. The second-order valence-electron chi connectivity index (χ2n) is 5.66. The van der Waals surface area contributed by atoms with E-state index < -0.39 is 23.4 Å². The van der Waals surface area contributed by atoms with Gasteiger partial charge in [-0.15, -0.1) is 0 Å². The van der Waals surface area contributed by atoms with Crippen molar-refractivity contribution in [3.05, 3.63) is 77.4 Å². The quantitative estimate of drug-likeness (QED) is 0.538. The van der Waals surface area contributed by atoms with Crippen molar-refractivity contribution < 1.29 is 18.4 Å². The Morgan fingerprint density at radius 2 is 1.08 bits per heavy atom. The average molecular weight is 576 g/mol. The third kappa shape index (κ3) is 2.75. The summed E-state index contributed by atoms with van der Waals surface area (Å²) in [6.45, 7) is 0. The maximum atomic E-state index is 14.3. The summed E-state index contributed by atoms with van der Waals surface area (Å²) in [6.07, 6.45) is 0. The Hall–Kier alpha value is -1.82. The molecule has 0 unspecified atom stereocenters. The number of fused-ring (bicyclic) bond motifs is 1. The van der Waals surface area contributed by atoms with E-state index in [-0.39, 0.29) is 33.7 Å². The van der Waals surface area contributed by atoms with Crippen molar-refractivity contribution in [1.29, 1.82) is 0 Å². The van der Waals surface area contributed by atoms with Crippen LogP contribution in [0.1, 0.15) is 11.1 Å². The highest BCUT2D eigenvalue weighted by atomic mass is 127. The summed E-state index contributed by atoms with van der Waals surface area (Å²) in [6, 6.07) is 8.79. The molecular weight excluding hydrogens is 568 g/mol. The summed E-state index contributed by atoms with van der Waals surface area (Å²) in [5, 5.41) is 5.12. The zero-order valence-electron chi connectivity index (χ0n) is 12.8. The molecule has 0 radical (unpaired) electrons. The fourth-order valence-electron chi connectivity index (χ4n) is 2.96. The van der Waals surface area contributed by atoms with E-state index >= 15 is 0 Å². The molecule has 130 valence electrons. The lowest BCUT2D eigenvalue weighted by Gasteiger charge is -2.09. The number of hydrogen-bond acceptors (Lipinski definition) is 2. The molecule has 0 saturated carbocycles. The van der Waals surface area contributed by atoms with Crippen LogP contribution in [-0.2, 0) is 9.59 Å². The average Bonchev–Trinajstić information content (AvgIpc) is 3.11. The van der Waals surface area contributed by atoms with Gasteiger partial charge in [-0.3, -0.25) is 9.59 Å². The van der Waals surface area contributed by atoms with Crippen molar-refractivity contribution in [2.24, 2.45) is 0 Å². The van der Waals surface area contributed by atoms with Crippen LogP contribution in [0.2, 0.25) is 0 Å². The maximum Gasteiger partial charge on any atom is 0.258 e. The molecule has 0 saturated heterocycles. The van der Waals surface area contributed by atoms with Crippen LogP contribution in [0.25, 0.3) is 11.4 Å². The third-order valence-corrected chi connectivity index (χ3v) is 5.42. The van der Waals surface area contributed by atoms with Gasteiger partial charge >= 0.3 is 0 Å². The van der Waals surface area contributed by atoms with Crippen LogP contribution >= 0.6 is 45.2 Å². The summed E-state index contributed by atoms with van der Waals surface area (Å²) >= 11 is 4.03. The lowest BCUT2D eigenvalue weighted by Crippen LogP contribution is -2.22. The molecule has 0 bridgehead atoms. The first-order valence-corrected chi connectivity index (χ1v) is 9.55. The topological polar surface area (TPSA) is 58.2 Å². The van der Waals surface area contributed by atoms with Crippen molar-refractivity contribution in [2.75, 3.05) is 0 Å². The molecule has 0 fully saturated rings. The van der Waals surface area contributed by atoms with Crippen LogP contribution in [0.5, 0.6) is 0 Å². The zero-order chi connectivity index (χ0) is 18.6. The van der Waals surface area contributed by atoms with E-state index in [0.29, 0.717) is 0 Å². The smallest absolute Gasteiger partial charge is 0.258 e. The highest BCUT2D eigenvalue weighted by Crippen LogP contribution is 2.38. The standard InChI is InChI=1S/C18H8F2I2N2O2/c19-11-3-1-7(21)5-9(11)15-13-14(18(26)23-15)16(24-17(13)25)10-6-8(22)2-4-12(10)20/h1-6H,(H,23,26)(H,24,25). The third-order valence-electron chi connectivity index (χ3n) is 4.08. The van der Waals surface area contributed by atoms with Gasteiger partial charge in [0, 0.05) is 18.3 Å². The molecule has 2 aliphatic rings. The SMILES string of the molecule is O=C1NC(c2cc(I)ccc2F)=C2C(=O)NC(c3cc(I)ccc3F)=C12. The molecule has 4 nitrogen and oxygen atoms in total. The van der Waals surface area contributed by atoms with E-state index in [0.717, 1.165) is 7.14 Å². The minimum absolute atomic E-state index is 0.0316. The lowest BCUT2D eigenvalue weighted by atomic mass is 10.0. The van der Waals surface area contributed by atoms with E-state index in [2.05, 4.69) is 10.6 Å². The first kappa shape index (κ1) is 17.6. The van der Waals surface area contributed by atoms with Gasteiger partial charge in [0.1, 0.15) is 11.6 Å². The molecule has 2 amide bonds. The molecule has 0 atom stereocenters. The zero-order valence-corrected chi connectivity index (χ0v) is 17.1. The Labute approximate surface area is 174 Å². The van der Waals surface area contributed by atoms with Crippen molar-refractivity contribution in [1.82, 2.24) is 10.6 Å². The number of hydrogen-bond donors (Lipinski definition) is 2. The molecule has 26 heavy (non-hydrogen) atoms. The summed E-state index contributed by atoms with van der Waals surface area (Å²) < 4.78 is 30.0. The van der Waals surface area contributed by atoms with Crippen LogP contribution in [0.3, 0.4) is 0 Å². The second-order valence-corrected chi connectivity index (χ2v) is 8.15. The van der Waals surface area contributed by atoms with Crippen molar-refractivity contribution >= 4 is 68.4 Å². The van der Waals surface area contributed by atoms with Gasteiger partial charge in [-0.25, -0.2) is 8.78 Å². The highest BCUT2D eigenvalue weighted by Gasteiger charge is 2.42. The fourth-order valence-corrected chi connectivity index (χ4v) is 3.95. The fraction of sp³-hybridized carbons (Fsp3) is 0. The van der Waals surface area contributed by atoms with Gasteiger partial charge in [-0.2, -0.15) is 0 Å². The van der Waals surface area contributed by atoms with Crippen molar-refractivity contribution in [3.8, 4) is 0 Å². The Bertz CT molecular complexity index is 991. The van der Waals surface area contributed by atoms with Gasteiger partial charge in [0.2, 0.25) is 0 Å². The summed E-state index contributed by atoms with van der Waals surface area (Å²) in [5.74, 6) is -2.26. The highest BCUT2D eigenvalue weighted by molar-refractivity contribution is 14.1. The number of nitrogens with one attached hydrogen (secondary N) is 2. The molecule has 0 spiro atoms. The maximum absolute atomic E-state index is 14.3. The molecule has 2 aromatic carbocycles. The van der Waals surface area contributed by atoms with Gasteiger partial charge in [-0.1, -0.05) is 0 Å². The summed E-state index contributed by atoms with van der Waals surface area (Å²) in [4.78, 5) is 25.0. The monoisotopic (exact) mass is 576 g/mol. The van der Waals surface area contributed by atoms with E-state index in [9.17, 15) is 18.4 Å². The number of halogens is 4. The van der Waals surface area contributed by atoms with Crippen LogP contribution in [0.15, 0.2) is 47.5 Å². The van der Waals surface area contributed by atoms with Gasteiger partial charge < -0.3 is 10.6 Å². The number of carbonyl (C=O) groups excluding carboxylic acids is 2. The molecule has 4 rings (SSSR count). The van der Waals surface area contributed by atoms with E-state index in [1.807, 2.05) is 45.2 Å². The van der Waals surface area contributed by atoms with Crippen molar-refractivity contribution in [3.63, 3.8) is 0 Å². The first-order valence-electron chi connectivity index (χ1n) is 7.39. The summed E-state index contributed by atoms with van der Waals surface area (Å²) in [7, 11) is 0. The summed E-state index contributed by atoms with van der Waals surface area (Å²) in [5.41, 5.74) is 0.497. The molecule has 0 aromatic heterocycles. The number of benzene rings is 2. The number of amides is 2. The van der Waals surface area contributed by atoms with E-state index in [4.69, 9.17) is 0 Å².